The first-order chi connectivity index (χ1) is 17.2. The van der Waals surface area contributed by atoms with Gasteiger partial charge in [0.05, 0.1) is 7.11 Å². The van der Waals surface area contributed by atoms with Gasteiger partial charge in [-0.05, 0) is 61.9 Å². The molecule has 2 aromatic carbocycles. The lowest BCUT2D eigenvalue weighted by atomic mass is 9.90. The van der Waals surface area contributed by atoms with Crippen LogP contribution in [0.15, 0.2) is 42.5 Å². The number of fused-ring (bicyclic) bond motifs is 1. The van der Waals surface area contributed by atoms with Gasteiger partial charge in [-0.15, -0.1) is 0 Å². The molecule has 2 aliphatic heterocycles. The average Bonchev–Trinajstić information content (AvgIpc) is 3.38. The Labute approximate surface area is 210 Å². The number of hydrogen-bond acceptors (Lipinski definition) is 4. The summed E-state index contributed by atoms with van der Waals surface area (Å²) >= 11 is 0. The Bertz CT molecular complexity index is 891. The summed E-state index contributed by atoms with van der Waals surface area (Å²) in [7, 11) is 1.68. The largest absolute Gasteiger partial charge is 0.496 e. The molecule has 0 aliphatic carbocycles. The number of hydrogen-bond donors (Lipinski definition) is 1. The van der Waals surface area contributed by atoms with E-state index in [4.69, 9.17) is 14.2 Å². The van der Waals surface area contributed by atoms with Crippen molar-refractivity contribution in [3.05, 3.63) is 59.2 Å². The molecule has 0 unspecified atom stereocenters. The van der Waals surface area contributed by atoms with E-state index in [1.165, 1.54) is 56.9 Å². The highest BCUT2D eigenvalue weighted by molar-refractivity contribution is 5.63. The quantitative estimate of drug-likeness (QED) is 0.331. The summed E-state index contributed by atoms with van der Waals surface area (Å²) in [6.07, 6.45) is 15.8. The molecule has 0 saturated carbocycles. The number of halogens is 1. The van der Waals surface area contributed by atoms with E-state index in [0.29, 0.717) is 12.7 Å². The number of allylic oxidation sites excluding steroid dienone is 1. The van der Waals surface area contributed by atoms with E-state index in [1.807, 2.05) is 24.3 Å². The van der Waals surface area contributed by atoms with Crippen LogP contribution in [-0.2, 0) is 6.67 Å². The molecule has 4 nitrogen and oxygen atoms in total. The smallest absolute Gasteiger partial charge is 0.231 e. The van der Waals surface area contributed by atoms with E-state index in [-0.39, 0.29) is 6.67 Å². The lowest BCUT2D eigenvalue weighted by Crippen LogP contribution is -2.26. The third-order valence-corrected chi connectivity index (χ3v) is 6.69. The molecule has 192 valence electrons. The molecule has 0 aromatic heterocycles. The molecule has 35 heavy (non-hydrogen) atoms. The van der Waals surface area contributed by atoms with Gasteiger partial charge in [0.1, 0.15) is 12.4 Å². The molecule has 0 radical (unpaired) electrons. The lowest BCUT2D eigenvalue weighted by molar-refractivity contribution is 0.174. The van der Waals surface area contributed by atoms with Crippen molar-refractivity contribution in [3.63, 3.8) is 0 Å². The molecule has 4 rings (SSSR count). The maximum absolute atomic E-state index is 12.3. The van der Waals surface area contributed by atoms with Gasteiger partial charge in [-0.1, -0.05) is 75.4 Å². The highest BCUT2D eigenvalue weighted by Crippen LogP contribution is 2.38. The van der Waals surface area contributed by atoms with E-state index in [0.717, 1.165) is 47.9 Å². The van der Waals surface area contributed by atoms with Crippen molar-refractivity contribution in [1.29, 1.82) is 0 Å². The number of nitrogens with one attached hydrogen (secondary N) is 1. The van der Waals surface area contributed by atoms with Crippen LogP contribution in [0.25, 0.3) is 6.08 Å². The Balaban J connectivity index is 0.000000211. The van der Waals surface area contributed by atoms with Crippen LogP contribution in [0.5, 0.6) is 17.2 Å². The Morgan fingerprint density at radius 1 is 0.971 bits per heavy atom. The number of piperidine rings is 1. The summed E-state index contributed by atoms with van der Waals surface area (Å²) in [6.45, 7) is 4.41. The first kappa shape index (κ1) is 27.1. The Kier molecular flexibility index (Phi) is 12.0. The van der Waals surface area contributed by atoms with Gasteiger partial charge in [-0.25, -0.2) is 4.39 Å². The normalized spacial score (nSPS) is 15.2. The predicted molar refractivity (Wildman–Crippen MR) is 142 cm³/mol. The van der Waals surface area contributed by atoms with Crippen molar-refractivity contribution in [2.24, 2.45) is 0 Å². The summed E-state index contributed by atoms with van der Waals surface area (Å²) < 4.78 is 28.5. The third kappa shape index (κ3) is 8.88. The number of methoxy groups -OCH3 is 1. The molecule has 1 saturated heterocycles. The first-order valence-electron chi connectivity index (χ1n) is 13.2. The summed E-state index contributed by atoms with van der Waals surface area (Å²) in [5.41, 5.74) is 3.19. The highest BCUT2D eigenvalue weighted by Gasteiger charge is 2.16. The molecule has 0 amide bonds. The standard InChI is InChI=1S/C18H26O3.C12H16FN/c1-3-4-5-6-7-8-9-10-11-15-12-17-18(21-14-20-17)13-16(15)19-2;13-9-10-1-3-11(4-2-10)12-5-7-14-8-6-12/h10-13H,3-9,14H2,1-2H3;1-4,12,14H,5-9H2/b11-10+;. The zero-order valence-electron chi connectivity index (χ0n) is 21.5. The number of ether oxygens (including phenoxy) is 3. The molecule has 0 bridgehead atoms. The molecule has 2 aliphatic rings. The van der Waals surface area contributed by atoms with Crippen molar-refractivity contribution in [2.75, 3.05) is 27.0 Å². The predicted octanol–water partition coefficient (Wildman–Crippen LogP) is 7.81. The highest BCUT2D eigenvalue weighted by atomic mass is 19.1. The minimum absolute atomic E-state index is 0.295. The molecule has 0 spiro atoms. The number of rotatable bonds is 11. The fraction of sp³-hybridized carbons (Fsp3) is 0.533. The average molecular weight is 484 g/mol. The maximum atomic E-state index is 12.3. The molecule has 1 N–H and O–H groups in total. The molecule has 0 atom stereocenters. The second-order valence-corrected chi connectivity index (χ2v) is 9.31. The summed E-state index contributed by atoms with van der Waals surface area (Å²) in [4.78, 5) is 0. The number of benzene rings is 2. The summed E-state index contributed by atoms with van der Waals surface area (Å²) in [6, 6.07) is 11.8. The summed E-state index contributed by atoms with van der Waals surface area (Å²) in [5.74, 6) is 3.07. The van der Waals surface area contributed by atoms with E-state index in [1.54, 1.807) is 7.11 Å². The first-order valence-corrected chi connectivity index (χ1v) is 13.2. The van der Waals surface area contributed by atoms with E-state index in [9.17, 15) is 4.39 Å². The van der Waals surface area contributed by atoms with Gasteiger partial charge in [0.2, 0.25) is 6.79 Å². The Morgan fingerprint density at radius 2 is 1.66 bits per heavy atom. The third-order valence-electron chi connectivity index (χ3n) is 6.69. The second-order valence-electron chi connectivity index (χ2n) is 9.31. The molecule has 2 heterocycles. The van der Waals surface area contributed by atoms with E-state index in [2.05, 4.69) is 36.5 Å². The molecule has 1 fully saturated rings. The monoisotopic (exact) mass is 483 g/mol. The van der Waals surface area contributed by atoms with Crippen LogP contribution in [0.4, 0.5) is 4.39 Å². The molecule has 2 aromatic rings. The summed E-state index contributed by atoms with van der Waals surface area (Å²) in [5, 5.41) is 3.35. The number of alkyl halides is 1. The van der Waals surface area contributed by atoms with Crippen LogP contribution in [-0.4, -0.2) is 27.0 Å². The zero-order valence-corrected chi connectivity index (χ0v) is 21.5. The van der Waals surface area contributed by atoms with Gasteiger partial charge < -0.3 is 19.5 Å². The number of unbranched alkanes of at least 4 members (excludes halogenated alkanes) is 6. The van der Waals surface area contributed by atoms with Crippen molar-refractivity contribution in [2.45, 2.75) is 77.3 Å². The van der Waals surface area contributed by atoms with Gasteiger partial charge >= 0.3 is 0 Å². The fourth-order valence-electron chi connectivity index (χ4n) is 4.53. The second kappa shape index (κ2) is 15.5. The minimum atomic E-state index is -0.355. The van der Waals surface area contributed by atoms with Gasteiger partial charge in [-0.3, -0.25) is 0 Å². The van der Waals surface area contributed by atoms with Gasteiger partial charge in [0.25, 0.3) is 0 Å². The van der Waals surface area contributed by atoms with Crippen LogP contribution in [0.3, 0.4) is 0 Å². The van der Waals surface area contributed by atoms with Gasteiger partial charge in [-0.2, -0.15) is 0 Å². The van der Waals surface area contributed by atoms with Crippen LogP contribution < -0.4 is 19.5 Å². The Morgan fingerprint density at radius 3 is 2.34 bits per heavy atom. The molecule has 5 heteroatoms. The topological polar surface area (TPSA) is 39.7 Å². The molecular formula is C30H42FNO3. The van der Waals surface area contributed by atoms with Crippen LogP contribution in [0, 0.1) is 0 Å². The Hall–Kier alpha value is -2.53. The molecular weight excluding hydrogens is 441 g/mol. The maximum Gasteiger partial charge on any atom is 0.231 e. The van der Waals surface area contributed by atoms with E-state index >= 15 is 0 Å². The van der Waals surface area contributed by atoms with Gasteiger partial charge in [0, 0.05) is 11.6 Å². The minimum Gasteiger partial charge on any atom is -0.496 e. The SMILES string of the molecule is CCCCCCCC/C=C/c1cc2c(cc1OC)OCO2.FCc1ccc(C2CCNCC2)cc1. The van der Waals surface area contributed by atoms with E-state index < -0.39 is 0 Å². The lowest BCUT2D eigenvalue weighted by Gasteiger charge is -2.22. The van der Waals surface area contributed by atoms with Gasteiger partial charge in [0.15, 0.2) is 11.5 Å². The van der Waals surface area contributed by atoms with Crippen molar-refractivity contribution in [1.82, 2.24) is 5.32 Å². The van der Waals surface area contributed by atoms with Crippen LogP contribution >= 0.6 is 0 Å². The van der Waals surface area contributed by atoms with Crippen molar-refractivity contribution < 1.29 is 18.6 Å². The van der Waals surface area contributed by atoms with Crippen molar-refractivity contribution >= 4 is 6.08 Å². The van der Waals surface area contributed by atoms with Crippen LogP contribution in [0.1, 0.15) is 87.3 Å². The van der Waals surface area contributed by atoms with Crippen molar-refractivity contribution in [3.8, 4) is 17.2 Å². The fourth-order valence-corrected chi connectivity index (χ4v) is 4.53. The zero-order chi connectivity index (χ0) is 24.7. The van der Waals surface area contributed by atoms with Crippen LogP contribution in [0.2, 0.25) is 0 Å².